The molecule has 2 amide bonds. The van der Waals surface area contributed by atoms with Gasteiger partial charge < -0.3 is 10.0 Å². The van der Waals surface area contributed by atoms with E-state index in [2.05, 4.69) is 0 Å². The molecule has 0 aromatic heterocycles. The van der Waals surface area contributed by atoms with Gasteiger partial charge in [-0.05, 0) is 31.0 Å². The summed E-state index contributed by atoms with van der Waals surface area (Å²) in [6.07, 6.45) is 0.792. The summed E-state index contributed by atoms with van der Waals surface area (Å²) in [7, 11) is -3.74. The van der Waals surface area contributed by atoms with Gasteiger partial charge in [-0.25, -0.2) is 8.42 Å². The van der Waals surface area contributed by atoms with Crippen LogP contribution in [0.5, 0.6) is 5.75 Å². The monoisotopic (exact) mass is 344 g/mol. The average Bonchev–Trinajstić information content (AvgIpc) is 2.71. The molecule has 22 heavy (non-hydrogen) atoms. The maximum atomic E-state index is 12.6. The van der Waals surface area contributed by atoms with Crippen LogP contribution in [0, 0.1) is 0 Å². The predicted octanol–water partition coefficient (Wildman–Crippen LogP) is 0.478. The highest BCUT2D eigenvalue weighted by molar-refractivity contribution is 7.91. The van der Waals surface area contributed by atoms with Gasteiger partial charge in [-0.1, -0.05) is 11.6 Å². The first kappa shape index (κ1) is 15.1. The number of likely N-dealkylation sites (tertiary alicyclic amines) is 1. The van der Waals surface area contributed by atoms with Gasteiger partial charge in [0, 0.05) is 6.54 Å². The molecular formula is C13H13ClN2O5S. The van der Waals surface area contributed by atoms with Crippen LogP contribution in [0.3, 0.4) is 0 Å². The quantitative estimate of drug-likeness (QED) is 0.771. The van der Waals surface area contributed by atoms with Gasteiger partial charge in [0.2, 0.25) is 10.0 Å². The smallest absolute Gasteiger partial charge is 0.257 e. The van der Waals surface area contributed by atoms with Crippen LogP contribution in [-0.2, 0) is 14.8 Å². The van der Waals surface area contributed by atoms with Gasteiger partial charge in [0.1, 0.15) is 17.0 Å². The van der Waals surface area contributed by atoms with Crippen LogP contribution in [0.2, 0.25) is 5.02 Å². The number of rotatable bonds is 1. The van der Waals surface area contributed by atoms with Crippen LogP contribution < -0.4 is 4.72 Å². The molecule has 2 N–H and O–H groups in total. The van der Waals surface area contributed by atoms with Crippen molar-refractivity contribution in [3.8, 4) is 5.75 Å². The Bertz CT molecular complexity index is 764. The number of carbonyl (C=O) groups excluding carboxylic acids is 2. The molecule has 0 spiro atoms. The summed E-state index contributed by atoms with van der Waals surface area (Å²) in [5, 5.41) is 8.70. The van der Waals surface area contributed by atoms with Crippen molar-refractivity contribution in [3.63, 3.8) is 0 Å². The number of halogens is 1. The van der Waals surface area contributed by atoms with Crippen molar-refractivity contribution in [1.29, 1.82) is 0 Å². The number of fused-ring (bicyclic) bond motifs is 1. The predicted molar refractivity (Wildman–Crippen MR) is 78.0 cm³/mol. The number of sulfonamides is 1. The molecule has 2 atom stereocenters. The van der Waals surface area contributed by atoms with Crippen LogP contribution in [0.15, 0.2) is 18.2 Å². The van der Waals surface area contributed by atoms with E-state index >= 15 is 0 Å². The van der Waals surface area contributed by atoms with Gasteiger partial charge in [0.25, 0.3) is 11.8 Å². The number of phenols is 1. The largest absolute Gasteiger partial charge is 0.508 e. The zero-order chi connectivity index (χ0) is 16.1. The Morgan fingerprint density at radius 1 is 1.41 bits per heavy atom. The molecule has 2 fully saturated rings. The van der Waals surface area contributed by atoms with Gasteiger partial charge in [-0.15, -0.1) is 0 Å². The number of aromatic hydroxyl groups is 1. The van der Waals surface area contributed by atoms with E-state index in [1.165, 1.54) is 23.1 Å². The highest BCUT2D eigenvalue weighted by Crippen LogP contribution is 2.31. The lowest BCUT2D eigenvalue weighted by Crippen LogP contribution is -2.52. The number of piperidine rings is 1. The van der Waals surface area contributed by atoms with Crippen LogP contribution >= 0.6 is 11.6 Å². The zero-order valence-electron chi connectivity index (χ0n) is 11.3. The molecule has 7 nitrogen and oxygen atoms in total. The van der Waals surface area contributed by atoms with Crippen molar-refractivity contribution in [2.75, 3.05) is 6.54 Å². The Morgan fingerprint density at radius 3 is 2.86 bits per heavy atom. The molecule has 2 heterocycles. The average molecular weight is 345 g/mol. The van der Waals surface area contributed by atoms with Gasteiger partial charge in [-0.3, -0.25) is 14.3 Å². The normalized spacial score (nSPS) is 26.4. The van der Waals surface area contributed by atoms with E-state index in [9.17, 15) is 23.1 Å². The minimum atomic E-state index is -3.74. The van der Waals surface area contributed by atoms with Crippen molar-refractivity contribution in [2.45, 2.75) is 24.1 Å². The SMILES string of the molecule is O=C1NS(=O)(=O)C2CCCN(C(=O)c3cc(O)ccc3Cl)C12. The number of carbonyl (C=O) groups is 2. The molecule has 2 unspecified atom stereocenters. The highest BCUT2D eigenvalue weighted by Gasteiger charge is 2.52. The minimum absolute atomic E-state index is 0.0411. The number of phenolic OH excluding ortho intramolecular Hbond substituents is 1. The number of amides is 2. The number of hydrogen-bond acceptors (Lipinski definition) is 5. The lowest BCUT2D eigenvalue weighted by molar-refractivity contribution is -0.123. The van der Waals surface area contributed by atoms with Gasteiger partial charge in [0.15, 0.2) is 0 Å². The second-order valence-corrected chi connectivity index (χ2v) is 7.61. The molecule has 0 radical (unpaired) electrons. The van der Waals surface area contributed by atoms with Crippen molar-refractivity contribution < 1.29 is 23.1 Å². The first-order valence-corrected chi connectivity index (χ1v) is 8.58. The Hall–Kier alpha value is -1.80. The Kier molecular flexibility index (Phi) is 3.53. The third kappa shape index (κ3) is 2.32. The van der Waals surface area contributed by atoms with Crippen LogP contribution in [0.25, 0.3) is 0 Å². The second-order valence-electron chi connectivity index (χ2n) is 5.30. The summed E-state index contributed by atoms with van der Waals surface area (Å²) >= 11 is 5.97. The maximum absolute atomic E-state index is 12.6. The molecule has 118 valence electrons. The van der Waals surface area contributed by atoms with Crippen LogP contribution in [0.1, 0.15) is 23.2 Å². The molecule has 0 saturated carbocycles. The van der Waals surface area contributed by atoms with E-state index in [1.807, 2.05) is 4.72 Å². The lowest BCUT2D eigenvalue weighted by atomic mass is 9.99. The van der Waals surface area contributed by atoms with E-state index in [-0.39, 0.29) is 22.9 Å². The summed E-state index contributed by atoms with van der Waals surface area (Å²) in [5.41, 5.74) is 0.0411. The third-order valence-electron chi connectivity index (χ3n) is 3.93. The highest BCUT2D eigenvalue weighted by atomic mass is 35.5. The summed E-state index contributed by atoms with van der Waals surface area (Å²) in [5.74, 6) is -1.40. The lowest BCUT2D eigenvalue weighted by Gasteiger charge is -2.34. The van der Waals surface area contributed by atoms with Gasteiger partial charge in [-0.2, -0.15) is 0 Å². The van der Waals surface area contributed by atoms with E-state index in [1.54, 1.807) is 0 Å². The summed E-state index contributed by atoms with van der Waals surface area (Å²) in [4.78, 5) is 25.8. The van der Waals surface area contributed by atoms with Crippen LogP contribution in [-0.4, -0.2) is 48.1 Å². The third-order valence-corrected chi connectivity index (χ3v) is 6.03. The standard InChI is InChI=1S/C13H13ClN2O5S/c14-9-4-3-7(17)6-8(9)13(19)16-5-1-2-10-11(16)12(18)15-22(10,20)21/h3-4,6,10-11,17H,1-2,5H2,(H,15,18). The molecule has 0 bridgehead atoms. The number of nitrogens with one attached hydrogen (secondary N) is 1. The first-order valence-electron chi connectivity index (χ1n) is 6.66. The molecule has 9 heteroatoms. The second kappa shape index (κ2) is 5.13. The van der Waals surface area contributed by atoms with Crippen molar-refractivity contribution in [3.05, 3.63) is 28.8 Å². The van der Waals surface area contributed by atoms with E-state index in [0.717, 1.165) is 0 Å². The van der Waals surface area contributed by atoms with E-state index < -0.39 is 33.1 Å². The number of hydrogen-bond donors (Lipinski definition) is 2. The maximum Gasteiger partial charge on any atom is 0.257 e. The molecular weight excluding hydrogens is 332 g/mol. The van der Waals surface area contributed by atoms with Crippen molar-refractivity contribution in [2.24, 2.45) is 0 Å². The van der Waals surface area contributed by atoms with Gasteiger partial charge >= 0.3 is 0 Å². The number of benzene rings is 1. The Morgan fingerprint density at radius 2 is 2.14 bits per heavy atom. The fourth-order valence-corrected chi connectivity index (χ4v) is 4.77. The van der Waals surface area contributed by atoms with E-state index in [4.69, 9.17) is 11.6 Å². The molecule has 1 aromatic carbocycles. The topological polar surface area (TPSA) is 104 Å². The van der Waals surface area contributed by atoms with Crippen LogP contribution in [0.4, 0.5) is 0 Å². The summed E-state index contributed by atoms with van der Waals surface area (Å²) < 4.78 is 25.7. The Labute approximate surface area is 131 Å². The molecule has 1 aromatic rings. The molecule has 2 aliphatic rings. The fourth-order valence-electron chi connectivity index (χ4n) is 2.93. The van der Waals surface area contributed by atoms with Gasteiger partial charge in [0.05, 0.1) is 10.6 Å². The number of nitrogens with zero attached hydrogens (tertiary/aromatic N) is 1. The minimum Gasteiger partial charge on any atom is -0.508 e. The summed E-state index contributed by atoms with van der Waals surface area (Å²) in [6, 6.07) is 2.86. The zero-order valence-corrected chi connectivity index (χ0v) is 12.9. The fraction of sp³-hybridized carbons (Fsp3) is 0.385. The van der Waals surface area contributed by atoms with Crippen molar-refractivity contribution in [1.82, 2.24) is 9.62 Å². The molecule has 2 saturated heterocycles. The Balaban J connectivity index is 1.99. The molecule has 2 aliphatic heterocycles. The molecule has 3 rings (SSSR count). The first-order chi connectivity index (χ1) is 10.3. The summed E-state index contributed by atoms with van der Waals surface area (Å²) in [6.45, 7) is 0.259. The molecule has 0 aliphatic carbocycles. The van der Waals surface area contributed by atoms with E-state index in [0.29, 0.717) is 12.8 Å². The van der Waals surface area contributed by atoms with Crippen molar-refractivity contribution >= 4 is 33.4 Å².